The molecule has 0 spiro atoms. The van der Waals surface area contributed by atoms with Gasteiger partial charge in [0.2, 0.25) is 0 Å². The number of benzene rings is 1. The maximum absolute atomic E-state index is 12.4. The van der Waals surface area contributed by atoms with Crippen LogP contribution in [0.25, 0.3) is 0 Å². The van der Waals surface area contributed by atoms with Crippen molar-refractivity contribution >= 4 is 17.5 Å². The Morgan fingerprint density at radius 2 is 1.88 bits per heavy atom. The van der Waals surface area contributed by atoms with E-state index in [-0.39, 0.29) is 11.6 Å². The Bertz CT molecular complexity index is 804. The first-order valence-electron chi connectivity index (χ1n) is 7.55. The Balaban J connectivity index is 1.51. The highest BCUT2D eigenvalue weighted by molar-refractivity contribution is 6.39. The molecule has 0 fully saturated rings. The van der Waals surface area contributed by atoms with Crippen molar-refractivity contribution in [2.75, 3.05) is 11.9 Å². The Morgan fingerprint density at radius 3 is 2.52 bits per heavy atom. The maximum atomic E-state index is 12.4. The van der Waals surface area contributed by atoms with Gasteiger partial charge in [0.05, 0.1) is 11.9 Å². The number of aromatic nitrogens is 1. The van der Waals surface area contributed by atoms with Crippen molar-refractivity contribution < 1.29 is 22.8 Å². The number of pyridine rings is 1. The van der Waals surface area contributed by atoms with Crippen LogP contribution in [0.4, 0.5) is 18.9 Å². The highest BCUT2D eigenvalue weighted by Crippen LogP contribution is 2.34. The van der Waals surface area contributed by atoms with Gasteiger partial charge in [-0.15, -0.1) is 0 Å². The lowest BCUT2D eigenvalue weighted by Crippen LogP contribution is -2.39. The monoisotopic (exact) mass is 349 g/mol. The molecule has 0 saturated carbocycles. The van der Waals surface area contributed by atoms with Gasteiger partial charge in [-0.2, -0.15) is 13.2 Å². The molecule has 25 heavy (non-hydrogen) atoms. The Kier molecular flexibility index (Phi) is 4.43. The summed E-state index contributed by atoms with van der Waals surface area (Å²) in [6.45, 7) is 0.328. The summed E-state index contributed by atoms with van der Waals surface area (Å²) in [5.74, 6) is -1.63. The minimum absolute atomic E-state index is 0.0159. The van der Waals surface area contributed by atoms with E-state index in [1.54, 1.807) is 0 Å². The number of alkyl halides is 3. The van der Waals surface area contributed by atoms with Crippen LogP contribution in [0.2, 0.25) is 0 Å². The number of hydrogen-bond donors (Lipinski definition) is 2. The first-order chi connectivity index (χ1) is 11.8. The number of carbonyl (C=O) groups is 2. The molecule has 1 atom stereocenters. The third-order valence-corrected chi connectivity index (χ3v) is 3.99. The third-order valence-electron chi connectivity index (χ3n) is 3.99. The molecule has 1 unspecified atom stereocenters. The normalized spacial score (nSPS) is 15.7. The van der Waals surface area contributed by atoms with Crippen LogP contribution in [-0.4, -0.2) is 23.3 Å². The lowest BCUT2D eigenvalue weighted by atomic mass is 9.77. The topological polar surface area (TPSA) is 71.1 Å². The lowest BCUT2D eigenvalue weighted by molar-refractivity contribution is -0.141. The van der Waals surface area contributed by atoms with E-state index in [2.05, 4.69) is 15.6 Å². The van der Waals surface area contributed by atoms with Gasteiger partial charge in [0.1, 0.15) is 5.69 Å². The molecular formula is C17H14F3N3O2. The standard InChI is InChI=1S/C17H14F3N3O2/c18-17(19,20)14-6-5-12(9-21-14)23-16(25)15(24)22-8-11-7-10-3-1-2-4-13(10)11/h1-6,9,11H,7-8H2,(H,22,24)(H,23,25). The molecule has 0 saturated heterocycles. The fourth-order valence-electron chi connectivity index (χ4n) is 2.66. The van der Waals surface area contributed by atoms with Gasteiger partial charge in [-0.3, -0.25) is 9.59 Å². The first-order valence-corrected chi connectivity index (χ1v) is 7.55. The molecular weight excluding hydrogens is 335 g/mol. The second-order valence-corrected chi connectivity index (χ2v) is 5.69. The SMILES string of the molecule is O=C(NCC1Cc2ccccc21)C(=O)Nc1ccc(C(F)(F)F)nc1. The number of carbonyl (C=O) groups excluding carboxylic acids is 2. The highest BCUT2D eigenvalue weighted by atomic mass is 19.4. The van der Waals surface area contributed by atoms with Gasteiger partial charge < -0.3 is 10.6 Å². The van der Waals surface area contributed by atoms with E-state index in [9.17, 15) is 22.8 Å². The van der Waals surface area contributed by atoms with Crippen molar-refractivity contribution in [1.82, 2.24) is 10.3 Å². The predicted octanol–water partition coefficient (Wildman–Crippen LogP) is 2.50. The van der Waals surface area contributed by atoms with Crippen LogP contribution in [0.15, 0.2) is 42.6 Å². The summed E-state index contributed by atoms with van der Waals surface area (Å²) in [6, 6.07) is 9.62. The van der Waals surface area contributed by atoms with E-state index in [0.717, 1.165) is 30.3 Å². The molecule has 2 aromatic rings. The van der Waals surface area contributed by atoms with Crippen LogP contribution in [0, 0.1) is 0 Å². The van der Waals surface area contributed by atoms with E-state index in [1.807, 2.05) is 24.3 Å². The van der Waals surface area contributed by atoms with E-state index in [0.29, 0.717) is 6.54 Å². The second kappa shape index (κ2) is 6.54. The maximum Gasteiger partial charge on any atom is 0.433 e. The molecule has 1 aromatic heterocycles. The minimum atomic E-state index is -4.56. The van der Waals surface area contributed by atoms with Crippen molar-refractivity contribution in [2.45, 2.75) is 18.5 Å². The summed E-state index contributed by atoms with van der Waals surface area (Å²) < 4.78 is 37.3. The van der Waals surface area contributed by atoms with Crippen LogP contribution in [0.3, 0.4) is 0 Å². The average Bonchev–Trinajstić information content (AvgIpc) is 2.55. The Morgan fingerprint density at radius 1 is 1.12 bits per heavy atom. The largest absolute Gasteiger partial charge is 0.433 e. The van der Waals surface area contributed by atoms with Gasteiger partial charge in [0, 0.05) is 12.5 Å². The van der Waals surface area contributed by atoms with Crippen molar-refractivity contribution in [3.8, 4) is 0 Å². The molecule has 1 heterocycles. The molecule has 1 aliphatic carbocycles. The zero-order valence-electron chi connectivity index (χ0n) is 12.9. The van der Waals surface area contributed by atoms with Gasteiger partial charge in [-0.1, -0.05) is 24.3 Å². The van der Waals surface area contributed by atoms with Crippen molar-refractivity contribution in [3.05, 3.63) is 59.4 Å². The number of rotatable bonds is 3. The van der Waals surface area contributed by atoms with E-state index >= 15 is 0 Å². The van der Waals surface area contributed by atoms with Crippen molar-refractivity contribution in [3.63, 3.8) is 0 Å². The Labute approximate surface area is 141 Å². The molecule has 1 aliphatic rings. The second-order valence-electron chi connectivity index (χ2n) is 5.69. The Hall–Kier alpha value is -2.90. The molecule has 0 radical (unpaired) electrons. The zero-order valence-corrected chi connectivity index (χ0v) is 12.9. The van der Waals surface area contributed by atoms with Crippen LogP contribution < -0.4 is 10.6 Å². The van der Waals surface area contributed by atoms with E-state index in [4.69, 9.17) is 0 Å². The fourth-order valence-corrected chi connectivity index (χ4v) is 2.66. The highest BCUT2D eigenvalue weighted by Gasteiger charge is 2.32. The van der Waals surface area contributed by atoms with Crippen LogP contribution in [-0.2, 0) is 22.2 Å². The number of nitrogens with zero attached hydrogens (tertiary/aromatic N) is 1. The van der Waals surface area contributed by atoms with Gasteiger partial charge in [0.25, 0.3) is 0 Å². The van der Waals surface area contributed by atoms with E-state index < -0.39 is 23.7 Å². The molecule has 2 N–H and O–H groups in total. The lowest BCUT2D eigenvalue weighted by Gasteiger charge is -2.30. The van der Waals surface area contributed by atoms with Gasteiger partial charge in [0.15, 0.2) is 0 Å². The molecule has 1 aromatic carbocycles. The number of amides is 2. The minimum Gasteiger partial charge on any atom is -0.347 e. The summed E-state index contributed by atoms with van der Waals surface area (Å²) in [4.78, 5) is 26.8. The summed E-state index contributed by atoms with van der Waals surface area (Å²) in [7, 11) is 0. The van der Waals surface area contributed by atoms with Gasteiger partial charge in [-0.05, 0) is 29.7 Å². The number of anilines is 1. The molecule has 8 heteroatoms. The van der Waals surface area contributed by atoms with Crippen LogP contribution in [0.1, 0.15) is 22.7 Å². The first kappa shape index (κ1) is 16.9. The van der Waals surface area contributed by atoms with Gasteiger partial charge >= 0.3 is 18.0 Å². The molecule has 2 amide bonds. The quantitative estimate of drug-likeness (QED) is 0.837. The summed E-state index contributed by atoms with van der Waals surface area (Å²) in [5, 5.41) is 4.75. The van der Waals surface area contributed by atoms with Crippen molar-refractivity contribution in [2.24, 2.45) is 0 Å². The number of hydrogen-bond acceptors (Lipinski definition) is 3. The number of nitrogens with one attached hydrogen (secondary N) is 2. The molecule has 0 aliphatic heterocycles. The third kappa shape index (κ3) is 3.78. The summed E-state index contributed by atoms with van der Waals surface area (Å²) >= 11 is 0. The van der Waals surface area contributed by atoms with Crippen LogP contribution >= 0.6 is 0 Å². The molecule has 0 bridgehead atoms. The smallest absolute Gasteiger partial charge is 0.347 e. The average molecular weight is 349 g/mol. The summed E-state index contributed by atoms with van der Waals surface area (Å²) in [5.41, 5.74) is 1.32. The molecule has 130 valence electrons. The van der Waals surface area contributed by atoms with Crippen molar-refractivity contribution in [1.29, 1.82) is 0 Å². The predicted molar refractivity (Wildman–Crippen MR) is 83.8 cm³/mol. The molecule has 3 rings (SSSR count). The van der Waals surface area contributed by atoms with Crippen LogP contribution in [0.5, 0.6) is 0 Å². The number of fused-ring (bicyclic) bond motifs is 1. The fraction of sp³-hybridized carbons (Fsp3) is 0.235. The van der Waals surface area contributed by atoms with Gasteiger partial charge in [-0.25, -0.2) is 4.98 Å². The molecule has 5 nitrogen and oxygen atoms in total. The van der Waals surface area contributed by atoms with E-state index in [1.165, 1.54) is 5.56 Å². The summed E-state index contributed by atoms with van der Waals surface area (Å²) in [6.07, 6.45) is -2.87. The zero-order chi connectivity index (χ0) is 18.0. The number of halogens is 3.